The number of nitrogens with one attached hydrogen (secondary N) is 1. The van der Waals surface area contributed by atoms with E-state index in [9.17, 15) is 0 Å². The molecule has 0 heterocycles. The number of hydrogen-bond acceptors (Lipinski definition) is 2. The molecule has 1 N–H and O–H groups in total. The van der Waals surface area contributed by atoms with Gasteiger partial charge < -0.3 is 10.1 Å². The van der Waals surface area contributed by atoms with Gasteiger partial charge in [-0.3, -0.25) is 0 Å². The Labute approximate surface area is 86.3 Å². The first-order valence-corrected chi connectivity index (χ1v) is 5.30. The standard InChI is InChI=1S/C12H19NO/c1-2-3-10-14-11-9-13-12-7-5-4-6-8-12/h4-8,13H,2-3,9-11H2,1H3. The molecule has 0 radical (unpaired) electrons. The molecule has 0 aliphatic rings. The molecule has 0 bridgehead atoms. The average molecular weight is 193 g/mol. The molecule has 0 aromatic heterocycles. The maximum Gasteiger partial charge on any atom is 0.0639 e. The minimum atomic E-state index is 0.787. The summed E-state index contributed by atoms with van der Waals surface area (Å²) in [6.45, 7) is 4.72. The lowest BCUT2D eigenvalue weighted by atomic mass is 10.3. The van der Waals surface area contributed by atoms with Gasteiger partial charge in [0.1, 0.15) is 0 Å². The van der Waals surface area contributed by atoms with Crippen LogP contribution in [0.2, 0.25) is 0 Å². The van der Waals surface area contributed by atoms with E-state index in [0.717, 1.165) is 31.9 Å². The van der Waals surface area contributed by atoms with Crippen LogP contribution in [0.1, 0.15) is 19.8 Å². The molecule has 2 heteroatoms. The van der Waals surface area contributed by atoms with Crippen molar-refractivity contribution in [1.29, 1.82) is 0 Å². The van der Waals surface area contributed by atoms with Crippen LogP contribution < -0.4 is 5.32 Å². The van der Waals surface area contributed by atoms with Crippen LogP contribution in [0.15, 0.2) is 30.3 Å². The van der Waals surface area contributed by atoms with Gasteiger partial charge >= 0.3 is 0 Å². The smallest absolute Gasteiger partial charge is 0.0639 e. The molecule has 0 aliphatic heterocycles. The largest absolute Gasteiger partial charge is 0.383 e. The van der Waals surface area contributed by atoms with Gasteiger partial charge in [-0.1, -0.05) is 31.5 Å². The van der Waals surface area contributed by atoms with E-state index in [1.54, 1.807) is 0 Å². The van der Waals surface area contributed by atoms with Crippen molar-refractivity contribution in [2.75, 3.05) is 25.1 Å². The molecular weight excluding hydrogens is 174 g/mol. The quantitative estimate of drug-likeness (QED) is 0.672. The van der Waals surface area contributed by atoms with Crippen LogP contribution in [0.4, 0.5) is 5.69 Å². The van der Waals surface area contributed by atoms with E-state index in [1.165, 1.54) is 6.42 Å². The predicted molar refractivity (Wildman–Crippen MR) is 60.7 cm³/mol. The molecule has 1 aromatic rings. The molecule has 1 rings (SSSR count). The van der Waals surface area contributed by atoms with Gasteiger partial charge in [-0.05, 0) is 18.6 Å². The zero-order valence-corrected chi connectivity index (χ0v) is 8.83. The number of anilines is 1. The van der Waals surface area contributed by atoms with Gasteiger partial charge in [-0.2, -0.15) is 0 Å². The average Bonchev–Trinajstić information content (AvgIpc) is 2.25. The number of unbranched alkanes of at least 4 members (excludes halogenated alkanes) is 1. The Balaban J connectivity index is 1.99. The summed E-state index contributed by atoms with van der Waals surface area (Å²) in [5.74, 6) is 0. The minimum absolute atomic E-state index is 0.787. The Morgan fingerprint density at radius 2 is 1.93 bits per heavy atom. The van der Waals surface area contributed by atoms with E-state index in [0.29, 0.717) is 0 Å². The summed E-state index contributed by atoms with van der Waals surface area (Å²) in [5.41, 5.74) is 1.16. The van der Waals surface area contributed by atoms with Crippen molar-refractivity contribution in [3.05, 3.63) is 30.3 Å². The Morgan fingerprint density at radius 1 is 1.14 bits per heavy atom. The Bertz CT molecular complexity index is 223. The normalized spacial score (nSPS) is 10.1. The number of hydrogen-bond donors (Lipinski definition) is 1. The molecule has 0 unspecified atom stereocenters. The third kappa shape index (κ3) is 4.87. The fourth-order valence-corrected chi connectivity index (χ4v) is 1.17. The summed E-state index contributed by atoms with van der Waals surface area (Å²) in [4.78, 5) is 0. The first-order chi connectivity index (χ1) is 6.93. The van der Waals surface area contributed by atoms with Crippen molar-refractivity contribution < 1.29 is 4.74 Å². The first-order valence-electron chi connectivity index (χ1n) is 5.30. The SMILES string of the molecule is CCCCOCCNc1ccccc1. The van der Waals surface area contributed by atoms with Gasteiger partial charge in [0.2, 0.25) is 0 Å². The molecule has 0 saturated heterocycles. The van der Waals surface area contributed by atoms with E-state index in [2.05, 4.69) is 24.4 Å². The Kier molecular flexibility index (Phi) is 5.84. The minimum Gasteiger partial charge on any atom is -0.383 e. The van der Waals surface area contributed by atoms with Gasteiger partial charge in [0.15, 0.2) is 0 Å². The lowest BCUT2D eigenvalue weighted by Gasteiger charge is -2.06. The van der Waals surface area contributed by atoms with E-state index < -0.39 is 0 Å². The van der Waals surface area contributed by atoms with Crippen molar-refractivity contribution >= 4 is 5.69 Å². The summed E-state index contributed by atoms with van der Waals surface area (Å²) in [6, 6.07) is 10.2. The molecule has 2 nitrogen and oxygen atoms in total. The second kappa shape index (κ2) is 7.39. The van der Waals surface area contributed by atoms with Gasteiger partial charge in [0.25, 0.3) is 0 Å². The fourth-order valence-electron chi connectivity index (χ4n) is 1.17. The van der Waals surface area contributed by atoms with Crippen LogP contribution >= 0.6 is 0 Å². The van der Waals surface area contributed by atoms with E-state index in [1.807, 2.05) is 18.2 Å². The van der Waals surface area contributed by atoms with Crippen LogP contribution in [0.3, 0.4) is 0 Å². The Hall–Kier alpha value is -1.02. The third-order valence-electron chi connectivity index (χ3n) is 1.99. The van der Waals surface area contributed by atoms with Gasteiger partial charge in [-0.25, -0.2) is 0 Å². The number of para-hydroxylation sites is 1. The van der Waals surface area contributed by atoms with Crippen molar-refractivity contribution in [3.8, 4) is 0 Å². The van der Waals surface area contributed by atoms with Gasteiger partial charge in [0, 0.05) is 18.8 Å². The maximum absolute atomic E-state index is 5.43. The highest BCUT2D eigenvalue weighted by atomic mass is 16.5. The zero-order chi connectivity index (χ0) is 10.1. The highest BCUT2D eigenvalue weighted by Crippen LogP contribution is 2.03. The molecule has 78 valence electrons. The van der Waals surface area contributed by atoms with Crippen LogP contribution in [-0.4, -0.2) is 19.8 Å². The first kappa shape index (κ1) is 11.1. The van der Waals surface area contributed by atoms with Crippen LogP contribution in [-0.2, 0) is 4.74 Å². The third-order valence-corrected chi connectivity index (χ3v) is 1.99. The van der Waals surface area contributed by atoms with E-state index >= 15 is 0 Å². The van der Waals surface area contributed by atoms with Crippen molar-refractivity contribution in [2.24, 2.45) is 0 Å². The molecule has 0 aliphatic carbocycles. The molecule has 0 fully saturated rings. The summed E-state index contributed by atoms with van der Waals surface area (Å²) < 4.78 is 5.43. The molecule has 0 spiro atoms. The Morgan fingerprint density at radius 3 is 2.64 bits per heavy atom. The predicted octanol–water partition coefficient (Wildman–Crippen LogP) is 2.92. The molecule has 14 heavy (non-hydrogen) atoms. The van der Waals surface area contributed by atoms with Crippen molar-refractivity contribution in [3.63, 3.8) is 0 Å². The molecule has 0 atom stereocenters. The summed E-state index contributed by atoms with van der Waals surface area (Å²) >= 11 is 0. The van der Waals surface area contributed by atoms with E-state index in [4.69, 9.17) is 4.74 Å². The molecule has 1 aromatic carbocycles. The number of rotatable bonds is 7. The van der Waals surface area contributed by atoms with Crippen LogP contribution in [0.25, 0.3) is 0 Å². The molecule has 0 amide bonds. The summed E-state index contributed by atoms with van der Waals surface area (Å²) in [7, 11) is 0. The van der Waals surface area contributed by atoms with Gasteiger partial charge in [-0.15, -0.1) is 0 Å². The highest BCUT2D eigenvalue weighted by Gasteiger charge is 1.89. The lowest BCUT2D eigenvalue weighted by Crippen LogP contribution is -2.09. The second-order valence-electron chi connectivity index (χ2n) is 3.26. The van der Waals surface area contributed by atoms with Crippen LogP contribution in [0.5, 0.6) is 0 Å². The highest BCUT2D eigenvalue weighted by molar-refractivity contribution is 5.42. The van der Waals surface area contributed by atoms with Crippen molar-refractivity contribution in [2.45, 2.75) is 19.8 Å². The molecule has 0 saturated carbocycles. The lowest BCUT2D eigenvalue weighted by molar-refractivity contribution is 0.141. The summed E-state index contributed by atoms with van der Waals surface area (Å²) in [6.07, 6.45) is 2.36. The monoisotopic (exact) mass is 193 g/mol. The zero-order valence-electron chi connectivity index (χ0n) is 8.83. The maximum atomic E-state index is 5.43. The molecular formula is C12H19NO. The van der Waals surface area contributed by atoms with E-state index in [-0.39, 0.29) is 0 Å². The number of benzene rings is 1. The van der Waals surface area contributed by atoms with Crippen LogP contribution in [0, 0.1) is 0 Å². The summed E-state index contributed by atoms with van der Waals surface area (Å²) in [5, 5.41) is 3.30. The number of ether oxygens (including phenoxy) is 1. The topological polar surface area (TPSA) is 21.3 Å². The second-order valence-corrected chi connectivity index (χ2v) is 3.26. The fraction of sp³-hybridized carbons (Fsp3) is 0.500. The van der Waals surface area contributed by atoms with Crippen molar-refractivity contribution in [1.82, 2.24) is 0 Å². The van der Waals surface area contributed by atoms with Gasteiger partial charge in [0.05, 0.1) is 6.61 Å².